The Kier molecular flexibility index (Phi) is 5.18. The number of amides is 1. The van der Waals surface area contributed by atoms with Gasteiger partial charge in [-0.05, 0) is 49.8 Å². The third kappa shape index (κ3) is 3.74. The minimum atomic E-state index is -0.0879. The molecule has 1 saturated carbocycles. The Morgan fingerprint density at radius 2 is 2.12 bits per heavy atom. The third-order valence-electron chi connectivity index (χ3n) is 6.25. The lowest BCUT2D eigenvalue weighted by atomic mass is 9.86. The Morgan fingerprint density at radius 1 is 1.31 bits per heavy atom. The summed E-state index contributed by atoms with van der Waals surface area (Å²) in [5.41, 5.74) is 0.601. The fourth-order valence-corrected chi connectivity index (χ4v) is 4.25. The predicted octanol–water partition coefficient (Wildman–Crippen LogP) is 3.28. The van der Waals surface area contributed by atoms with Gasteiger partial charge in [-0.3, -0.25) is 4.79 Å². The van der Waals surface area contributed by atoms with Crippen molar-refractivity contribution in [3.8, 4) is 5.75 Å². The van der Waals surface area contributed by atoms with Crippen molar-refractivity contribution < 1.29 is 19.0 Å². The molecule has 1 aromatic carbocycles. The maximum Gasteiger partial charge on any atom is 0.253 e. The summed E-state index contributed by atoms with van der Waals surface area (Å²) in [4.78, 5) is 14.7. The Bertz CT molecular complexity index is 635. The number of piperidine rings is 1. The highest BCUT2D eigenvalue weighted by atomic mass is 16.6. The molecule has 142 valence electrons. The quantitative estimate of drug-likeness (QED) is 0.809. The van der Waals surface area contributed by atoms with E-state index < -0.39 is 0 Å². The van der Waals surface area contributed by atoms with Gasteiger partial charge in [-0.1, -0.05) is 12.5 Å². The van der Waals surface area contributed by atoms with Gasteiger partial charge in [-0.2, -0.15) is 0 Å². The molecular weight excluding hydrogens is 330 g/mol. The van der Waals surface area contributed by atoms with E-state index in [1.165, 1.54) is 19.3 Å². The number of nitrogens with zero attached hydrogens (tertiary/aromatic N) is 1. The fraction of sp³-hybridized carbons (Fsp3) is 0.667. The lowest BCUT2D eigenvalue weighted by Crippen LogP contribution is -2.46. The summed E-state index contributed by atoms with van der Waals surface area (Å²) in [6.45, 7) is 3.08. The largest absolute Gasteiger partial charge is 0.497 e. The molecule has 1 atom stereocenters. The van der Waals surface area contributed by atoms with Crippen molar-refractivity contribution in [3.63, 3.8) is 0 Å². The van der Waals surface area contributed by atoms with Crippen LogP contribution in [-0.4, -0.2) is 55.9 Å². The van der Waals surface area contributed by atoms with Crippen LogP contribution in [0.2, 0.25) is 0 Å². The number of carbonyl (C=O) groups is 1. The molecule has 1 aromatic rings. The number of likely N-dealkylation sites (tertiary alicyclic amines) is 1. The molecule has 5 heteroatoms. The first-order valence-electron chi connectivity index (χ1n) is 9.86. The van der Waals surface area contributed by atoms with Gasteiger partial charge in [0.2, 0.25) is 0 Å². The summed E-state index contributed by atoms with van der Waals surface area (Å²) in [5.74, 6) is 1.57. The Morgan fingerprint density at radius 3 is 2.81 bits per heavy atom. The van der Waals surface area contributed by atoms with Crippen LogP contribution in [0.3, 0.4) is 0 Å². The summed E-state index contributed by atoms with van der Waals surface area (Å²) in [6, 6.07) is 7.38. The van der Waals surface area contributed by atoms with Crippen LogP contribution in [0.5, 0.6) is 5.75 Å². The van der Waals surface area contributed by atoms with E-state index in [1.807, 2.05) is 29.2 Å². The summed E-state index contributed by atoms with van der Waals surface area (Å²) in [6.07, 6.45) is 6.99. The molecule has 3 fully saturated rings. The SMILES string of the molecule is COc1cccc(C(=O)N2CCC3(CC2)C[C@@H](OCC2CCC2)CO3)c1. The van der Waals surface area contributed by atoms with Gasteiger partial charge in [-0.25, -0.2) is 0 Å². The van der Waals surface area contributed by atoms with Gasteiger partial charge in [0.05, 0.1) is 25.4 Å². The highest BCUT2D eigenvalue weighted by Crippen LogP contribution is 2.38. The number of ether oxygens (including phenoxy) is 3. The standard InChI is InChI=1S/C21H29NO4/c1-24-18-7-3-6-17(12-18)20(23)22-10-8-21(9-11-22)13-19(15-26-21)25-14-16-4-2-5-16/h3,6-7,12,16,19H,2,4-5,8-11,13-15H2,1H3/t19-/m1/s1. The summed E-state index contributed by atoms with van der Waals surface area (Å²) < 4.78 is 17.5. The van der Waals surface area contributed by atoms with E-state index in [1.54, 1.807) is 7.11 Å². The normalized spacial score (nSPS) is 25.3. The van der Waals surface area contributed by atoms with Gasteiger partial charge in [0, 0.05) is 31.7 Å². The average Bonchev–Trinajstić information content (AvgIpc) is 3.03. The molecule has 0 unspecified atom stereocenters. The van der Waals surface area contributed by atoms with Crippen LogP contribution < -0.4 is 4.74 Å². The predicted molar refractivity (Wildman–Crippen MR) is 98.5 cm³/mol. The van der Waals surface area contributed by atoms with Gasteiger partial charge in [0.25, 0.3) is 5.91 Å². The molecule has 1 amide bonds. The Labute approximate surface area is 155 Å². The summed E-state index contributed by atoms with van der Waals surface area (Å²) in [5, 5.41) is 0. The molecule has 0 radical (unpaired) electrons. The Balaban J connectivity index is 1.28. The molecule has 4 rings (SSSR count). The molecule has 2 aliphatic heterocycles. The van der Waals surface area contributed by atoms with E-state index in [2.05, 4.69) is 0 Å². The Hall–Kier alpha value is -1.59. The maximum atomic E-state index is 12.8. The van der Waals surface area contributed by atoms with Gasteiger partial charge >= 0.3 is 0 Å². The molecule has 2 heterocycles. The number of methoxy groups -OCH3 is 1. The molecule has 5 nitrogen and oxygen atoms in total. The first-order valence-corrected chi connectivity index (χ1v) is 9.86. The number of rotatable bonds is 5. The van der Waals surface area contributed by atoms with E-state index in [-0.39, 0.29) is 17.6 Å². The van der Waals surface area contributed by atoms with E-state index >= 15 is 0 Å². The van der Waals surface area contributed by atoms with Crippen LogP contribution in [0.15, 0.2) is 24.3 Å². The highest BCUT2D eigenvalue weighted by molar-refractivity contribution is 5.94. The molecule has 1 aliphatic carbocycles. The molecule has 0 aromatic heterocycles. The van der Waals surface area contributed by atoms with Crippen molar-refractivity contribution in [3.05, 3.63) is 29.8 Å². The fourth-order valence-electron chi connectivity index (χ4n) is 4.25. The zero-order chi connectivity index (χ0) is 18.0. The molecular formula is C21H29NO4. The van der Waals surface area contributed by atoms with Crippen LogP contribution in [0.25, 0.3) is 0 Å². The van der Waals surface area contributed by atoms with Crippen molar-refractivity contribution in [2.45, 2.75) is 50.2 Å². The number of benzene rings is 1. The zero-order valence-electron chi connectivity index (χ0n) is 15.6. The molecule has 0 N–H and O–H groups in total. The van der Waals surface area contributed by atoms with Crippen molar-refractivity contribution in [2.24, 2.45) is 5.92 Å². The number of hydrogen-bond acceptors (Lipinski definition) is 4. The number of hydrogen-bond donors (Lipinski definition) is 0. The first kappa shape index (κ1) is 17.8. The molecule has 0 bridgehead atoms. The topological polar surface area (TPSA) is 48.0 Å². The van der Waals surface area contributed by atoms with E-state index in [0.29, 0.717) is 12.2 Å². The second-order valence-electron chi connectivity index (χ2n) is 7.97. The molecule has 1 spiro atoms. The minimum absolute atomic E-state index is 0.0783. The first-order chi connectivity index (χ1) is 12.7. The summed E-state index contributed by atoms with van der Waals surface area (Å²) in [7, 11) is 1.62. The van der Waals surface area contributed by atoms with Gasteiger partial charge in [-0.15, -0.1) is 0 Å². The molecule has 3 aliphatic rings. The second kappa shape index (κ2) is 7.57. The van der Waals surface area contributed by atoms with Crippen LogP contribution in [0, 0.1) is 5.92 Å². The van der Waals surface area contributed by atoms with Gasteiger partial charge in [0.1, 0.15) is 5.75 Å². The minimum Gasteiger partial charge on any atom is -0.497 e. The van der Waals surface area contributed by atoms with E-state index in [9.17, 15) is 4.79 Å². The van der Waals surface area contributed by atoms with Crippen molar-refractivity contribution in [1.82, 2.24) is 4.90 Å². The van der Waals surface area contributed by atoms with Crippen molar-refractivity contribution >= 4 is 5.91 Å². The molecule has 26 heavy (non-hydrogen) atoms. The lowest BCUT2D eigenvalue weighted by Gasteiger charge is -2.38. The van der Waals surface area contributed by atoms with Crippen LogP contribution in [-0.2, 0) is 9.47 Å². The highest BCUT2D eigenvalue weighted by Gasteiger charge is 2.44. The van der Waals surface area contributed by atoms with Crippen LogP contribution in [0.4, 0.5) is 0 Å². The second-order valence-corrected chi connectivity index (χ2v) is 7.97. The maximum absolute atomic E-state index is 12.8. The van der Waals surface area contributed by atoms with E-state index in [4.69, 9.17) is 14.2 Å². The third-order valence-corrected chi connectivity index (χ3v) is 6.25. The zero-order valence-corrected chi connectivity index (χ0v) is 15.6. The lowest BCUT2D eigenvalue weighted by molar-refractivity contribution is -0.0420. The van der Waals surface area contributed by atoms with Gasteiger partial charge in [0.15, 0.2) is 0 Å². The van der Waals surface area contributed by atoms with Gasteiger partial charge < -0.3 is 19.1 Å². The average molecular weight is 359 g/mol. The van der Waals surface area contributed by atoms with Crippen molar-refractivity contribution in [2.75, 3.05) is 33.4 Å². The number of carbonyl (C=O) groups excluding carboxylic acids is 1. The van der Waals surface area contributed by atoms with Crippen LogP contribution in [0.1, 0.15) is 48.9 Å². The van der Waals surface area contributed by atoms with E-state index in [0.717, 1.165) is 50.6 Å². The smallest absolute Gasteiger partial charge is 0.253 e. The monoisotopic (exact) mass is 359 g/mol. The van der Waals surface area contributed by atoms with Crippen molar-refractivity contribution in [1.29, 1.82) is 0 Å². The molecule has 2 saturated heterocycles. The summed E-state index contributed by atoms with van der Waals surface area (Å²) >= 11 is 0. The van der Waals surface area contributed by atoms with Crippen LogP contribution >= 0.6 is 0 Å².